The molecule has 1 aliphatic rings. The van der Waals surface area contributed by atoms with Gasteiger partial charge in [-0.15, -0.1) is 11.3 Å². The standard InChI is InChI=1S/C20H18Cl2N4O3S/c21-13-5-1-6-14(17(13)22)24-20-25-15(11-30-20)19(28)26-8-2-7-16(26)18(27)23-10-12-4-3-9-29-12/h1,3-6,9,11,16H,2,7-8,10H2,(H,23,27)(H,24,25). The molecular formula is C20H18Cl2N4O3S. The molecule has 3 aromatic rings. The van der Waals surface area contributed by atoms with Crippen LogP contribution >= 0.6 is 34.5 Å². The molecule has 0 spiro atoms. The number of carbonyl (C=O) groups is 2. The zero-order valence-corrected chi connectivity index (χ0v) is 18.1. The third kappa shape index (κ3) is 4.45. The number of nitrogens with zero attached hydrogens (tertiary/aromatic N) is 2. The highest BCUT2D eigenvalue weighted by Gasteiger charge is 2.35. The summed E-state index contributed by atoms with van der Waals surface area (Å²) < 4.78 is 5.23. The highest BCUT2D eigenvalue weighted by molar-refractivity contribution is 7.14. The van der Waals surface area contributed by atoms with Crippen LogP contribution in [0, 0.1) is 0 Å². The predicted molar refractivity (Wildman–Crippen MR) is 116 cm³/mol. The van der Waals surface area contributed by atoms with Crippen LogP contribution in [0.2, 0.25) is 10.0 Å². The van der Waals surface area contributed by atoms with Gasteiger partial charge in [0.05, 0.1) is 28.5 Å². The van der Waals surface area contributed by atoms with Crippen molar-refractivity contribution in [1.82, 2.24) is 15.2 Å². The van der Waals surface area contributed by atoms with Crippen molar-refractivity contribution in [3.05, 3.63) is 63.5 Å². The molecule has 1 unspecified atom stereocenters. The summed E-state index contributed by atoms with van der Waals surface area (Å²) in [5, 5.41) is 8.90. The van der Waals surface area contributed by atoms with Gasteiger partial charge in [0, 0.05) is 11.9 Å². The molecule has 2 amide bonds. The van der Waals surface area contributed by atoms with Gasteiger partial charge in [0.2, 0.25) is 5.91 Å². The van der Waals surface area contributed by atoms with E-state index in [1.54, 1.807) is 46.9 Å². The van der Waals surface area contributed by atoms with Crippen molar-refractivity contribution in [3.63, 3.8) is 0 Å². The van der Waals surface area contributed by atoms with E-state index in [1.807, 2.05) is 0 Å². The van der Waals surface area contributed by atoms with E-state index in [0.29, 0.717) is 39.6 Å². The number of thiazole rings is 1. The minimum absolute atomic E-state index is 0.198. The number of furan rings is 1. The van der Waals surface area contributed by atoms with Crippen LogP contribution in [0.5, 0.6) is 0 Å². The number of aromatic nitrogens is 1. The van der Waals surface area contributed by atoms with Crippen molar-refractivity contribution in [1.29, 1.82) is 0 Å². The van der Waals surface area contributed by atoms with Crippen molar-refractivity contribution in [2.45, 2.75) is 25.4 Å². The number of rotatable bonds is 6. The van der Waals surface area contributed by atoms with E-state index in [0.717, 1.165) is 6.42 Å². The molecule has 10 heteroatoms. The minimum atomic E-state index is -0.520. The first-order valence-corrected chi connectivity index (χ1v) is 10.9. The van der Waals surface area contributed by atoms with Crippen LogP contribution in [0.3, 0.4) is 0 Å². The fraction of sp³-hybridized carbons (Fsp3) is 0.250. The lowest BCUT2D eigenvalue weighted by molar-refractivity contribution is -0.125. The molecule has 3 heterocycles. The van der Waals surface area contributed by atoms with Crippen LogP contribution < -0.4 is 10.6 Å². The molecule has 0 aliphatic carbocycles. The van der Waals surface area contributed by atoms with Gasteiger partial charge >= 0.3 is 0 Å². The van der Waals surface area contributed by atoms with Gasteiger partial charge in [-0.2, -0.15) is 0 Å². The van der Waals surface area contributed by atoms with E-state index in [4.69, 9.17) is 27.6 Å². The Balaban J connectivity index is 1.42. The van der Waals surface area contributed by atoms with E-state index >= 15 is 0 Å². The Hall–Kier alpha value is -2.55. The Morgan fingerprint density at radius 2 is 2.13 bits per heavy atom. The van der Waals surface area contributed by atoms with Gasteiger partial charge in [-0.05, 0) is 37.1 Å². The maximum atomic E-state index is 13.0. The third-order valence-corrected chi connectivity index (χ3v) is 6.33. The summed E-state index contributed by atoms with van der Waals surface area (Å²) >= 11 is 13.5. The average molecular weight is 465 g/mol. The molecule has 0 saturated carbocycles. The van der Waals surface area contributed by atoms with Crippen LogP contribution in [-0.4, -0.2) is 34.3 Å². The Labute approximate surface area is 187 Å². The zero-order chi connectivity index (χ0) is 21.1. The fourth-order valence-electron chi connectivity index (χ4n) is 3.28. The highest BCUT2D eigenvalue weighted by atomic mass is 35.5. The first-order chi connectivity index (χ1) is 14.5. The number of anilines is 2. The summed E-state index contributed by atoms with van der Waals surface area (Å²) in [7, 11) is 0. The largest absolute Gasteiger partial charge is 0.467 e. The molecule has 7 nitrogen and oxygen atoms in total. The molecule has 1 aromatic carbocycles. The molecule has 0 radical (unpaired) electrons. The van der Waals surface area contributed by atoms with Crippen molar-refractivity contribution >= 4 is 57.2 Å². The van der Waals surface area contributed by atoms with Crippen molar-refractivity contribution in [3.8, 4) is 0 Å². The van der Waals surface area contributed by atoms with E-state index in [9.17, 15) is 9.59 Å². The number of halogens is 2. The minimum Gasteiger partial charge on any atom is -0.467 e. The molecule has 2 aromatic heterocycles. The second kappa shape index (κ2) is 9.07. The van der Waals surface area contributed by atoms with Crippen molar-refractivity contribution < 1.29 is 14.0 Å². The lowest BCUT2D eigenvalue weighted by atomic mass is 10.2. The van der Waals surface area contributed by atoms with Crippen molar-refractivity contribution in [2.75, 3.05) is 11.9 Å². The molecule has 1 aliphatic heterocycles. The lowest BCUT2D eigenvalue weighted by Crippen LogP contribution is -2.45. The van der Waals surface area contributed by atoms with E-state index < -0.39 is 6.04 Å². The number of nitrogens with one attached hydrogen (secondary N) is 2. The van der Waals surface area contributed by atoms with E-state index in [1.165, 1.54) is 11.3 Å². The van der Waals surface area contributed by atoms with E-state index in [2.05, 4.69) is 15.6 Å². The molecule has 4 rings (SSSR count). The summed E-state index contributed by atoms with van der Waals surface area (Å²) in [5.41, 5.74) is 0.889. The molecule has 0 bridgehead atoms. The molecule has 1 fully saturated rings. The Bertz CT molecular complexity index is 1050. The highest BCUT2D eigenvalue weighted by Crippen LogP contribution is 2.33. The maximum Gasteiger partial charge on any atom is 0.274 e. The van der Waals surface area contributed by atoms with Crippen LogP contribution in [0.25, 0.3) is 0 Å². The first-order valence-electron chi connectivity index (χ1n) is 9.30. The Kier molecular flexibility index (Phi) is 6.26. The normalized spacial score (nSPS) is 15.9. The summed E-state index contributed by atoms with van der Waals surface area (Å²) in [6.45, 7) is 0.799. The second-order valence-corrected chi connectivity index (χ2v) is 8.36. The summed E-state index contributed by atoms with van der Waals surface area (Å²) in [6, 6.07) is 8.26. The Morgan fingerprint density at radius 3 is 2.93 bits per heavy atom. The molecular weight excluding hydrogens is 447 g/mol. The van der Waals surface area contributed by atoms with Gasteiger partial charge in [0.15, 0.2) is 5.13 Å². The summed E-state index contributed by atoms with van der Waals surface area (Å²) in [6.07, 6.45) is 2.93. The molecule has 156 valence electrons. The van der Waals surface area contributed by atoms with Gasteiger partial charge in [0.25, 0.3) is 5.91 Å². The second-order valence-electron chi connectivity index (χ2n) is 6.72. The summed E-state index contributed by atoms with van der Waals surface area (Å²) in [4.78, 5) is 31.5. The molecule has 30 heavy (non-hydrogen) atoms. The number of hydrogen-bond acceptors (Lipinski definition) is 6. The number of amides is 2. The topological polar surface area (TPSA) is 87.5 Å². The maximum absolute atomic E-state index is 13.0. The molecule has 2 N–H and O–H groups in total. The van der Waals surface area contributed by atoms with Crippen LogP contribution in [0.15, 0.2) is 46.4 Å². The fourth-order valence-corrected chi connectivity index (χ4v) is 4.32. The zero-order valence-electron chi connectivity index (χ0n) is 15.7. The van der Waals surface area contributed by atoms with Crippen LogP contribution in [0.4, 0.5) is 10.8 Å². The van der Waals surface area contributed by atoms with Crippen LogP contribution in [0.1, 0.15) is 29.1 Å². The third-order valence-electron chi connectivity index (χ3n) is 4.75. The Morgan fingerprint density at radius 1 is 1.27 bits per heavy atom. The van der Waals surface area contributed by atoms with Gasteiger partial charge in [0.1, 0.15) is 17.5 Å². The summed E-state index contributed by atoms with van der Waals surface area (Å²) in [5.74, 6) is 0.192. The molecule has 1 saturated heterocycles. The number of carbonyl (C=O) groups excluding carboxylic acids is 2. The number of hydrogen-bond donors (Lipinski definition) is 2. The van der Waals surface area contributed by atoms with Crippen LogP contribution in [-0.2, 0) is 11.3 Å². The van der Waals surface area contributed by atoms with Gasteiger partial charge < -0.3 is 20.0 Å². The number of benzene rings is 1. The average Bonchev–Trinajstić information content (AvgIpc) is 3.51. The predicted octanol–water partition coefficient (Wildman–Crippen LogP) is 4.71. The van der Waals surface area contributed by atoms with Gasteiger partial charge in [-0.3, -0.25) is 9.59 Å². The first kappa shape index (κ1) is 20.7. The number of likely N-dealkylation sites (tertiary alicyclic amines) is 1. The smallest absolute Gasteiger partial charge is 0.274 e. The van der Waals surface area contributed by atoms with Gasteiger partial charge in [-0.1, -0.05) is 29.3 Å². The monoisotopic (exact) mass is 464 g/mol. The quantitative estimate of drug-likeness (QED) is 0.551. The van der Waals surface area contributed by atoms with Gasteiger partial charge in [-0.25, -0.2) is 4.98 Å². The SMILES string of the molecule is O=C(NCc1ccco1)C1CCCN1C(=O)c1csc(Nc2cccc(Cl)c2Cl)n1. The van der Waals surface area contributed by atoms with E-state index in [-0.39, 0.29) is 24.1 Å². The lowest BCUT2D eigenvalue weighted by Gasteiger charge is -2.23. The molecule has 1 atom stereocenters. The van der Waals surface area contributed by atoms with Crippen molar-refractivity contribution in [2.24, 2.45) is 0 Å².